The highest BCUT2D eigenvalue weighted by molar-refractivity contribution is 5.93. The second-order valence-electron chi connectivity index (χ2n) is 8.20. The first kappa shape index (κ1) is 18.9. The molecule has 1 aliphatic heterocycles. The summed E-state index contributed by atoms with van der Waals surface area (Å²) >= 11 is 0. The third-order valence-electron chi connectivity index (χ3n) is 6.11. The molecule has 2 aromatic rings. The molecule has 1 amide bonds. The van der Waals surface area contributed by atoms with Gasteiger partial charge in [0, 0.05) is 31.5 Å². The quantitative estimate of drug-likeness (QED) is 0.854. The molecule has 148 valence electrons. The standard InChI is InChI=1S/C23H30N4O/c28-22(26-21-9-5-2-6-10-21)20-16-24-23(25-17-20)27-13-11-19(12-14-27)15-18-7-3-1-4-8-18/h1,3-4,7-8,16-17,19,21H,2,5-6,9-15H2,(H,26,28). The number of hydrogen-bond acceptors (Lipinski definition) is 4. The van der Waals surface area contributed by atoms with Gasteiger partial charge in [0.15, 0.2) is 0 Å². The van der Waals surface area contributed by atoms with E-state index < -0.39 is 0 Å². The molecule has 0 bridgehead atoms. The van der Waals surface area contributed by atoms with E-state index >= 15 is 0 Å². The van der Waals surface area contributed by atoms with Gasteiger partial charge in [0.2, 0.25) is 5.95 Å². The molecule has 5 nitrogen and oxygen atoms in total. The fourth-order valence-corrected chi connectivity index (χ4v) is 4.40. The molecule has 2 heterocycles. The summed E-state index contributed by atoms with van der Waals surface area (Å²) in [6.45, 7) is 1.95. The van der Waals surface area contributed by atoms with Crippen molar-refractivity contribution in [2.24, 2.45) is 5.92 Å². The molecule has 2 aliphatic rings. The lowest BCUT2D eigenvalue weighted by Crippen LogP contribution is -2.37. The van der Waals surface area contributed by atoms with Crippen molar-refractivity contribution in [3.05, 3.63) is 53.9 Å². The Bertz CT molecular complexity index is 748. The van der Waals surface area contributed by atoms with Crippen LogP contribution >= 0.6 is 0 Å². The fraction of sp³-hybridized carbons (Fsp3) is 0.522. The van der Waals surface area contributed by atoms with Crippen LogP contribution in [0.25, 0.3) is 0 Å². The number of benzene rings is 1. The molecule has 0 radical (unpaired) electrons. The Morgan fingerprint density at radius 3 is 2.32 bits per heavy atom. The van der Waals surface area contributed by atoms with Gasteiger partial charge < -0.3 is 10.2 Å². The van der Waals surface area contributed by atoms with Gasteiger partial charge in [-0.2, -0.15) is 0 Å². The van der Waals surface area contributed by atoms with E-state index in [2.05, 4.69) is 50.5 Å². The summed E-state index contributed by atoms with van der Waals surface area (Å²) in [7, 11) is 0. The zero-order valence-electron chi connectivity index (χ0n) is 16.5. The zero-order chi connectivity index (χ0) is 19.2. The monoisotopic (exact) mass is 378 g/mol. The van der Waals surface area contributed by atoms with Crippen LogP contribution in [-0.2, 0) is 6.42 Å². The van der Waals surface area contributed by atoms with Gasteiger partial charge in [0.25, 0.3) is 5.91 Å². The summed E-state index contributed by atoms with van der Waals surface area (Å²) in [5.41, 5.74) is 1.99. The Balaban J connectivity index is 1.28. The first-order valence-corrected chi connectivity index (χ1v) is 10.7. The minimum absolute atomic E-state index is 0.0416. The Hall–Kier alpha value is -2.43. The molecule has 1 aromatic heterocycles. The van der Waals surface area contributed by atoms with Crippen molar-refractivity contribution >= 4 is 11.9 Å². The van der Waals surface area contributed by atoms with Gasteiger partial charge in [-0.15, -0.1) is 0 Å². The predicted octanol–water partition coefficient (Wildman–Crippen LogP) is 4.00. The van der Waals surface area contributed by atoms with E-state index in [9.17, 15) is 4.79 Å². The van der Waals surface area contributed by atoms with Crippen LogP contribution in [0.15, 0.2) is 42.7 Å². The molecule has 28 heavy (non-hydrogen) atoms. The highest BCUT2D eigenvalue weighted by atomic mass is 16.1. The number of nitrogens with zero attached hydrogens (tertiary/aromatic N) is 3. The fourth-order valence-electron chi connectivity index (χ4n) is 4.40. The number of aromatic nitrogens is 2. The van der Waals surface area contributed by atoms with Gasteiger partial charge >= 0.3 is 0 Å². The molecule has 1 N–H and O–H groups in total. The van der Waals surface area contributed by atoms with E-state index in [1.165, 1.54) is 24.8 Å². The van der Waals surface area contributed by atoms with Gasteiger partial charge in [-0.05, 0) is 43.6 Å². The minimum atomic E-state index is -0.0416. The van der Waals surface area contributed by atoms with Gasteiger partial charge in [-0.3, -0.25) is 4.79 Å². The van der Waals surface area contributed by atoms with E-state index in [4.69, 9.17) is 0 Å². The smallest absolute Gasteiger partial charge is 0.254 e. The molecule has 1 saturated carbocycles. The molecule has 1 aromatic carbocycles. The second kappa shape index (κ2) is 9.18. The first-order chi connectivity index (χ1) is 13.8. The van der Waals surface area contributed by atoms with Crippen molar-refractivity contribution in [2.45, 2.75) is 57.4 Å². The average molecular weight is 379 g/mol. The summed E-state index contributed by atoms with van der Waals surface area (Å²) in [5, 5.41) is 3.13. The van der Waals surface area contributed by atoms with E-state index in [1.54, 1.807) is 12.4 Å². The molecule has 0 spiro atoms. The maximum absolute atomic E-state index is 12.4. The van der Waals surface area contributed by atoms with Gasteiger partial charge in [-0.1, -0.05) is 49.6 Å². The highest BCUT2D eigenvalue weighted by Crippen LogP contribution is 2.24. The van der Waals surface area contributed by atoms with Gasteiger partial charge in [0.05, 0.1) is 5.56 Å². The van der Waals surface area contributed by atoms with Gasteiger partial charge in [-0.25, -0.2) is 9.97 Å². The van der Waals surface area contributed by atoms with Crippen LogP contribution in [0.4, 0.5) is 5.95 Å². The number of carbonyl (C=O) groups excluding carboxylic acids is 1. The van der Waals surface area contributed by atoms with Crippen molar-refractivity contribution < 1.29 is 4.79 Å². The molecular formula is C23H30N4O. The lowest BCUT2D eigenvalue weighted by Gasteiger charge is -2.32. The topological polar surface area (TPSA) is 58.1 Å². The van der Waals surface area contributed by atoms with Crippen molar-refractivity contribution in [1.29, 1.82) is 0 Å². The van der Waals surface area contributed by atoms with E-state index in [-0.39, 0.29) is 5.91 Å². The van der Waals surface area contributed by atoms with Crippen molar-refractivity contribution in [3.63, 3.8) is 0 Å². The Labute approximate surface area is 167 Å². The number of hydrogen-bond donors (Lipinski definition) is 1. The summed E-state index contributed by atoms with van der Waals surface area (Å²) in [6.07, 6.45) is 12.7. The van der Waals surface area contributed by atoms with Crippen molar-refractivity contribution in [2.75, 3.05) is 18.0 Å². The van der Waals surface area contributed by atoms with Crippen molar-refractivity contribution in [1.82, 2.24) is 15.3 Å². The second-order valence-corrected chi connectivity index (χ2v) is 8.20. The van der Waals surface area contributed by atoms with Crippen molar-refractivity contribution in [3.8, 4) is 0 Å². The number of rotatable bonds is 5. The van der Waals surface area contributed by atoms with Crippen LogP contribution in [0.1, 0.15) is 60.9 Å². The van der Waals surface area contributed by atoms with E-state index in [1.807, 2.05) is 0 Å². The zero-order valence-corrected chi connectivity index (χ0v) is 16.5. The molecular weight excluding hydrogens is 348 g/mol. The summed E-state index contributed by atoms with van der Waals surface area (Å²) in [4.78, 5) is 23.6. The minimum Gasteiger partial charge on any atom is -0.349 e. The first-order valence-electron chi connectivity index (χ1n) is 10.7. The lowest BCUT2D eigenvalue weighted by molar-refractivity contribution is 0.0927. The van der Waals surface area contributed by atoms with E-state index in [0.717, 1.165) is 57.1 Å². The SMILES string of the molecule is O=C(NC1CCCCC1)c1cnc(N2CCC(Cc3ccccc3)CC2)nc1. The normalized spacial score (nSPS) is 18.8. The maximum Gasteiger partial charge on any atom is 0.254 e. The van der Waals surface area contributed by atoms with E-state index in [0.29, 0.717) is 11.6 Å². The molecule has 5 heteroatoms. The summed E-state index contributed by atoms with van der Waals surface area (Å²) in [6, 6.07) is 11.0. The molecule has 1 aliphatic carbocycles. The van der Waals surface area contributed by atoms with Crippen LogP contribution in [0.5, 0.6) is 0 Å². The predicted molar refractivity (Wildman–Crippen MR) is 111 cm³/mol. The highest BCUT2D eigenvalue weighted by Gasteiger charge is 2.22. The molecule has 4 rings (SSSR count). The van der Waals surface area contributed by atoms with Crippen LogP contribution in [-0.4, -0.2) is 35.0 Å². The third kappa shape index (κ3) is 4.89. The molecule has 0 atom stereocenters. The number of amides is 1. The van der Waals surface area contributed by atoms with Crippen LogP contribution in [0, 0.1) is 5.92 Å². The number of anilines is 1. The Kier molecular flexibility index (Phi) is 6.20. The Morgan fingerprint density at radius 1 is 0.964 bits per heavy atom. The Morgan fingerprint density at radius 2 is 1.64 bits per heavy atom. The van der Waals surface area contributed by atoms with Crippen LogP contribution in [0.3, 0.4) is 0 Å². The number of carbonyl (C=O) groups is 1. The number of nitrogens with one attached hydrogen (secondary N) is 1. The summed E-state index contributed by atoms with van der Waals surface area (Å²) < 4.78 is 0. The number of piperidine rings is 1. The van der Waals surface area contributed by atoms with Crippen LogP contribution in [0.2, 0.25) is 0 Å². The summed E-state index contributed by atoms with van der Waals surface area (Å²) in [5.74, 6) is 1.42. The average Bonchev–Trinajstić information content (AvgIpc) is 2.76. The molecule has 2 fully saturated rings. The molecule has 0 unspecified atom stereocenters. The lowest BCUT2D eigenvalue weighted by atomic mass is 9.90. The third-order valence-corrected chi connectivity index (χ3v) is 6.11. The maximum atomic E-state index is 12.4. The van der Waals surface area contributed by atoms with Gasteiger partial charge in [0.1, 0.15) is 0 Å². The molecule has 1 saturated heterocycles. The largest absolute Gasteiger partial charge is 0.349 e. The van der Waals surface area contributed by atoms with Crippen LogP contribution < -0.4 is 10.2 Å².